The van der Waals surface area contributed by atoms with E-state index in [0.717, 1.165) is 16.8 Å². The Hall–Kier alpha value is -3.64. The van der Waals surface area contributed by atoms with Gasteiger partial charge >= 0.3 is 0 Å². The average molecular weight is 420 g/mol. The zero-order valence-electron chi connectivity index (χ0n) is 16.1. The van der Waals surface area contributed by atoms with Crippen molar-refractivity contribution < 1.29 is 9.72 Å². The second kappa shape index (κ2) is 8.00. The number of non-ortho nitro benzene ring substituents is 1. The molecule has 7 heteroatoms. The highest BCUT2D eigenvalue weighted by Crippen LogP contribution is 2.34. The Morgan fingerprint density at radius 3 is 2.50 bits per heavy atom. The number of nitro benzene ring substituents is 1. The molecule has 0 spiro atoms. The van der Waals surface area contributed by atoms with Crippen LogP contribution in [0.3, 0.4) is 0 Å². The summed E-state index contributed by atoms with van der Waals surface area (Å²) in [5, 5.41) is 13.0. The van der Waals surface area contributed by atoms with Gasteiger partial charge in [-0.1, -0.05) is 65.7 Å². The molecular weight excluding hydrogens is 402 g/mol. The summed E-state index contributed by atoms with van der Waals surface area (Å²) in [5.74, 6) is -0.324. The van der Waals surface area contributed by atoms with Crippen LogP contribution in [0.4, 0.5) is 5.69 Å². The topological polar surface area (TPSA) is 75.5 Å². The summed E-state index contributed by atoms with van der Waals surface area (Å²) in [6.45, 7) is 2.00. The largest absolute Gasteiger partial charge is 0.295 e. The standard InChI is InChI=1S/C23H18ClN3O3/c1-15-9-11-16(12-10-15)21-14-22(17-5-4-6-18(13-17)27(29)30)26(25-21)23(28)19-7-2-3-8-20(19)24/h2-14,22,25H,1H3/t22-/m1/s1. The van der Waals surface area contributed by atoms with Crippen molar-refractivity contribution in [3.8, 4) is 0 Å². The molecule has 0 saturated heterocycles. The number of amides is 1. The Bertz CT molecular complexity index is 1160. The molecule has 0 bridgehead atoms. The van der Waals surface area contributed by atoms with Crippen LogP contribution in [0.2, 0.25) is 5.02 Å². The molecule has 3 aromatic carbocycles. The van der Waals surface area contributed by atoms with Crippen molar-refractivity contribution >= 4 is 28.9 Å². The summed E-state index contributed by atoms with van der Waals surface area (Å²) >= 11 is 6.25. The summed E-state index contributed by atoms with van der Waals surface area (Å²) in [5.41, 5.74) is 6.88. The van der Waals surface area contributed by atoms with Crippen molar-refractivity contribution in [1.82, 2.24) is 10.4 Å². The molecule has 0 radical (unpaired) electrons. The molecule has 1 atom stereocenters. The van der Waals surface area contributed by atoms with Gasteiger partial charge in [0.05, 0.1) is 27.2 Å². The number of hydrogen-bond donors (Lipinski definition) is 1. The Balaban J connectivity index is 1.77. The third kappa shape index (κ3) is 3.77. The number of nitrogens with one attached hydrogen (secondary N) is 1. The van der Waals surface area contributed by atoms with Crippen LogP contribution in [0.15, 0.2) is 78.9 Å². The van der Waals surface area contributed by atoms with Crippen LogP contribution in [-0.4, -0.2) is 15.8 Å². The Morgan fingerprint density at radius 1 is 1.07 bits per heavy atom. The number of rotatable bonds is 4. The molecule has 0 unspecified atom stereocenters. The predicted octanol–water partition coefficient (Wildman–Crippen LogP) is 5.30. The maximum Gasteiger partial charge on any atom is 0.274 e. The van der Waals surface area contributed by atoms with Gasteiger partial charge in [0.2, 0.25) is 0 Å². The van der Waals surface area contributed by atoms with Crippen molar-refractivity contribution in [3.63, 3.8) is 0 Å². The Morgan fingerprint density at radius 2 is 1.80 bits per heavy atom. The number of carbonyl (C=O) groups is 1. The minimum absolute atomic E-state index is 0.0326. The van der Waals surface area contributed by atoms with Gasteiger partial charge in [-0.2, -0.15) is 0 Å². The first-order valence-electron chi connectivity index (χ1n) is 9.32. The molecule has 0 aliphatic carbocycles. The molecular formula is C23H18ClN3O3. The van der Waals surface area contributed by atoms with Gasteiger partial charge < -0.3 is 0 Å². The molecule has 0 aromatic heterocycles. The first kappa shape index (κ1) is 19.7. The van der Waals surface area contributed by atoms with Gasteiger partial charge in [0.15, 0.2) is 0 Å². The molecule has 30 heavy (non-hydrogen) atoms. The van der Waals surface area contributed by atoms with Crippen molar-refractivity contribution in [2.75, 3.05) is 0 Å². The van der Waals surface area contributed by atoms with Gasteiger partial charge in [0.25, 0.3) is 11.6 Å². The van der Waals surface area contributed by atoms with E-state index in [1.807, 2.05) is 37.3 Å². The minimum atomic E-state index is -0.537. The van der Waals surface area contributed by atoms with E-state index in [9.17, 15) is 14.9 Å². The lowest BCUT2D eigenvalue weighted by molar-refractivity contribution is -0.384. The van der Waals surface area contributed by atoms with Gasteiger partial charge in [-0.3, -0.25) is 20.3 Å². The predicted molar refractivity (Wildman–Crippen MR) is 116 cm³/mol. The number of hydrazine groups is 1. The average Bonchev–Trinajstić information content (AvgIpc) is 3.20. The molecule has 1 heterocycles. The molecule has 0 saturated carbocycles. The molecule has 0 fully saturated rings. The maximum absolute atomic E-state index is 13.3. The lowest BCUT2D eigenvalue weighted by Gasteiger charge is -2.26. The molecule has 150 valence electrons. The fourth-order valence-corrected chi connectivity index (χ4v) is 3.59. The Labute approximate surface area is 178 Å². The summed E-state index contributed by atoms with van der Waals surface area (Å²) in [6.07, 6.45) is 1.89. The van der Waals surface area contributed by atoms with E-state index < -0.39 is 11.0 Å². The van der Waals surface area contributed by atoms with Crippen LogP contribution < -0.4 is 5.43 Å². The maximum atomic E-state index is 13.3. The second-order valence-electron chi connectivity index (χ2n) is 7.01. The van der Waals surface area contributed by atoms with Gasteiger partial charge in [-0.25, -0.2) is 5.01 Å². The van der Waals surface area contributed by atoms with E-state index in [4.69, 9.17) is 11.6 Å². The fraction of sp³-hybridized carbons (Fsp3) is 0.0870. The van der Waals surface area contributed by atoms with Crippen molar-refractivity contribution in [1.29, 1.82) is 0 Å². The lowest BCUT2D eigenvalue weighted by Crippen LogP contribution is -2.39. The van der Waals surface area contributed by atoms with Gasteiger partial charge in [-0.15, -0.1) is 0 Å². The zero-order valence-corrected chi connectivity index (χ0v) is 16.8. The van der Waals surface area contributed by atoms with E-state index in [1.165, 1.54) is 17.1 Å². The highest BCUT2D eigenvalue weighted by molar-refractivity contribution is 6.33. The third-order valence-electron chi connectivity index (χ3n) is 4.95. The number of aryl methyl sites for hydroxylation is 1. The van der Waals surface area contributed by atoms with E-state index >= 15 is 0 Å². The molecule has 1 aliphatic heterocycles. The third-order valence-corrected chi connectivity index (χ3v) is 5.28. The highest BCUT2D eigenvalue weighted by Gasteiger charge is 2.33. The summed E-state index contributed by atoms with van der Waals surface area (Å²) < 4.78 is 0. The monoisotopic (exact) mass is 419 g/mol. The highest BCUT2D eigenvalue weighted by atomic mass is 35.5. The van der Waals surface area contributed by atoms with Crippen LogP contribution in [0.5, 0.6) is 0 Å². The first-order valence-corrected chi connectivity index (χ1v) is 9.70. The smallest absolute Gasteiger partial charge is 0.274 e. The van der Waals surface area contributed by atoms with E-state index in [1.54, 1.807) is 36.4 Å². The zero-order chi connectivity index (χ0) is 21.3. The van der Waals surface area contributed by atoms with E-state index in [0.29, 0.717) is 16.1 Å². The van der Waals surface area contributed by atoms with E-state index in [2.05, 4.69) is 5.43 Å². The van der Waals surface area contributed by atoms with Gasteiger partial charge in [0, 0.05) is 12.1 Å². The Kier molecular flexibility index (Phi) is 5.25. The van der Waals surface area contributed by atoms with Crippen molar-refractivity contribution in [2.45, 2.75) is 13.0 Å². The molecule has 4 rings (SSSR count). The van der Waals surface area contributed by atoms with Gasteiger partial charge in [0.1, 0.15) is 0 Å². The number of nitro groups is 1. The SMILES string of the molecule is Cc1ccc(C2=C[C@H](c3cccc([N+](=O)[O-])c3)N(C(=O)c3ccccc3Cl)N2)cc1. The summed E-state index contributed by atoms with van der Waals surface area (Å²) in [7, 11) is 0. The first-order chi connectivity index (χ1) is 14.4. The minimum Gasteiger partial charge on any atom is -0.295 e. The number of halogens is 1. The molecule has 1 aliphatic rings. The molecule has 1 N–H and O–H groups in total. The van der Waals surface area contributed by atoms with Gasteiger partial charge in [-0.05, 0) is 36.3 Å². The van der Waals surface area contributed by atoms with Crippen LogP contribution in [0.1, 0.15) is 33.1 Å². The molecule has 6 nitrogen and oxygen atoms in total. The summed E-state index contributed by atoms with van der Waals surface area (Å²) in [4.78, 5) is 24.1. The molecule has 3 aromatic rings. The second-order valence-corrected chi connectivity index (χ2v) is 7.42. The lowest BCUT2D eigenvalue weighted by atomic mass is 10.0. The summed E-state index contributed by atoms with van der Waals surface area (Å²) in [6, 6.07) is 20.4. The number of benzene rings is 3. The number of carbonyl (C=O) groups excluding carboxylic acids is 1. The van der Waals surface area contributed by atoms with E-state index in [-0.39, 0.29) is 11.6 Å². The quantitative estimate of drug-likeness (QED) is 0.460. The number of hydrogen-bond acceptors (Lipinski definition) is 4. The van der Waals surface area contributed by atoms with Crippen LogP contribution in [-0.2, 0) is 0 Å². The van der Waals surface area contributed by atoms with Crippen LogP contribution >= 0.6 is 11.6 Å². The number of nitrogens with zero attached hydrogens (tertiary/aromatic N) is 2. The molecule has 1 amide bonds. The normalized spacial score (nSPS) is 15.5. The van der Waals surface area contributed by atoms with Crippen LogP contribution in [0.25, 0.3) is 5.70 Å². The van der Waals surface area contributed by atoms with Crippen LogP contribution in [0, 0.1) is 17.0 Å². The van der Waals surface area contributed by atoms with Crippen molar-refractivity contribution in [2.24, 2.45) is 0 Å². The van der Waals surface area contributed by atoms with Crippen molar-refractivity contribution in [3.05, 3.63) is 116 Å². The fourth-order valence-electron chi connectivity index (χ4n) is 3.37.